The molecule has 76 valence electrons. The van der Waals surface area contributed by atoms with E-state index in [0.717, 1.165) is 6.20 Å². The summed E-state index contributed by atoms with van der Waals surface area (Å²) in [5.41, 5.74) is -2.76. The Balaban J connectivity index is 3.50. The third-order valence-corrected chi connectivity index (χ3v) is 2.17. The van der Waals surface area contributed by atoms with E-state index in [4.69, 9.17) is 5.11 Å². The summed E-state index contributed by atoms with van der Waals surface area (Å²) in [6, 6.07) is 0. The van der Waals surface area contributed by atoms with Crippen LogP contribution in [0.2, 0.25) is 0 Å². The molecule has 0 saturated heterocycles. The maximum atomic E-state index is 12.3. The number of alkyl halides is 2. The summed E-state index contributed by atoms with van der Waals surface area (Å²) in [7, 11) is 0. The van der Waals surface area contributed by atoms with E-state index in [1.54, 1.807) is 0 Å². The highest BCUT2D eigenvalue weighted by molar-refractivity contribution is 9.10. The Morgan fingerprint density at radius 1 is 1.57 bits per heavy atom. The maximum absolute atomic E-state index is 12.3. The second kappa shape index (κ2) is 3.87. The first-order chi connectivity index (χ1) is 6.45. The molecule has 1 rings (SSSR count). The molecule has 1 aromatic rings. The van der Waals surface area contributed by atoms with Crippen molar-refractivity contribution in [3.8, 4) is 0 Å². The fraction of sp³-hybridized carbons (Fsp3) is 0.143. The zero-order chi connectivity index (χ0) is 10.9. The number of aromatic amines is 1. The zero-order valence-corrected chi connectivity index (χ0v) is 8.14. The summed E-state index contributed by atoms with van der Waals surface area (Å²) in [6.07, 6.45) is -2.16. The van der Waals surface area contributed by atoms with E-state index in [9.17, 15) is 18.4 Å². The van der Waals surface area contributed by atoms with Gasteiger partial charge in [0.15, 0.2) is 0 Å². The molecule has 1 heterocycles. The van der Waals surface area contributed by atoms with Gasteiger partial charge in [-0.25, -0.2) is 13.6 Å². The molecule has 1 aromatic heterocycles. The average molecular weight is 268 g/mol. The highest BCUT2D eigenvalue weighted by Crippen LogP contribution is 2.22. The quantitative estimate of drug-likeness (QED) is 0.803. The van der Waals surface area contributed by atoms with Crippen LogP contribution < -0.4 is 5.43 Å². The van der Waals surface area contributed by atoms with Gasteiger partial charge in [-0.1, -0.05) is 0 Å². The van der Waals surface area contributed by atoms with Gasteiger partial charge in [-0.2, -0.15) is 0 Å². The zero-order valence-electron chi connectivity index (χ0n) is 6.55. The van der Waals surface area contributed by atoms with Crippen LogP contribution in [-0.4, -0.2) is 16.1 Å². The highest BCUT2D eigenvalue weighted by Gasteiger charge is 2.21. The van der Waals surface area contributed by atoms with Gasteiger partial charge >= 0.3 is 5.97 Å². The first kappa shape index (κ1) is 10.8. The maximum Gasteiger partial charge on any atom is 0.341 e. The molecule has 0 saturated carbocycles. The lowest BCUT2D eigenvalue weighted by molar-refractivity contribution is 0.0694. The Kier molecular flexibility index (Phi) is 3.00. The van der Waals surface area contributed by atoms with E-state index in [1.165, 1.54) is 0 Å². The van der Waals surface area contributed by atoms with Crippen molar-refractivity contribution in [2.45, 2.75) is 6.43 Å². The number of carboxylic acids is 1. The Morgan fingerprint density at radius 2 is 2.14 bits per heavy atom. The predicted octanol–water partition coefficient (Wildman–Crippen LogP) is 1.77. The van der Waals surface area contributed by atoms with Crippen molar-refractivity contribution < 1.29 is 18.7 Å². The standard InChI is InChI=1S/C7H4BrF2NO3/c8-5-3(6(9)10)4(12)2(1-11-5)7(13)14/h1,6H,(H,11,12)(H,13,14). The highest BCUT2D eigenvalue weighted by atomic mass is 79.9. The summed E-state index contributed by atoms with van der Waals surface area (Å²) >= 11 is 2.70. The molecule has 4 nitrogen and oxygen atoms in total. The summed E-state index contributed by atoms with van der Waals surface area (Å²) in [5.74, 6) is -1.54. The smallest absolute Gasteiger partial charge is 0.341 e. The molecular formula is C7H4BrF2NO3. The van der Waals surface area contributed by atoms with Crippen LogP contribution in [0.4, 0.5) is 8.78 Å². The Bertz CT molecular complexity index is 429. The van der Waals surface area contributed by atoms with E-state index in [0.29, 0.717) is 0 Å². The van der Waals surface area contributed by atoms with Crippen molar-refractivity contribution in [1.82, 2.24) is 4.98 Å². The normalized spacial score (nSPS) is 10.6. The van der Waals surface area contributed by atoms with Gasteiger partial charge in [0.1, 0.15) is 5.56 Å². The topological polar surface area (TPSA) is 70.2 Å². The molecule has 0 aliphatic rings. The van der Waals surface area contributed by atoms with Gasteiger partial charge in [0.05, 0.1) is 10.2 Å². The SMILES string of the molecule is O=C(O)c1c[nH]c(Br)c(C(F)F)c1=O. The minimum absolute atomic E-state index is 0.206. The summed E-state index contributed by atoms with van der Waals surface area (Å²) in [6.45, 7) is 0. The van der Waals surface area contributed by atoms with Gasteiger partial charge in [-0.15, -0.1) is 0 Å². The van der Waals surface area contributed by atoms with Crippen LogP contribution in [-0.2, 0) is 0 Å². The number of carbonyl (C=O) groups is 1. The molecule has 0 atom stereocenters. The summed E-state index contributed by atoms with van der Waals surface area (Å²) < 4.78 is 24.4. The number of rotatable bonds is 2. The Labute approximate surface area is 84.7 Å². The number of H-pyrrole nitrogens is 1. The average Bonchev–Trinajstić information content (AvgIpc) is 2.02. The number of carboxylic acid groups (broad SMARTS) is 1. The van der Waals surface area contributed by atoms with Crippen LogP contribution in [0.3, 0.4) is 0 Å². The van der Waals surface area contributed by atoms with Crippen molar-refractivity contribution in [2.75, 3.05) is 0 Å². The number of aromatic carboxylic acids is 1. The van der Waals surface area contributed by atoms with Gasteiger partial charge in [-0.05, 0) is 15.9 Å². The third-order valence-electron chi connectivity index (χ3n) is 1.52. The molecule has 7 heteroatoms. The van der Waals surface area contributed by atoms with Gasteiger partial charge in [-0.3, -0.25) is 4.79 Å². The van der Waals surface area contributed by atoms with E-state index in [-0.39, 0.29) is 4.60 Å². The number of nitrogens with one attached hydrogen (secondary N) is 1. The number of pyridine rings is 1. The Hall–Kier alpha value is -1.24. The van der Waals surface area contributed by atoms with Gasteiger partial charge < -0.3 is 10.1 Å². The third kappa shape index (κ3) is 1.82. The monoisotopic (exact) mass is 267 g/mol. The van der Waals surface area contributed by atoms with Crippen molar-refractivity contribution >= 4 is 21.9 Å². The second-order valence-corrected chi connectivity index (χ2v) is 3.16. The molecule has 0 spiro atoms. The first-order valence-corrected chi connectivity index (χ1v) is 4.17. The number of hydrogen-bond donors (Lipinski definition) is 2. The van der Waals surface area contributed by atoms with Crippen molar-refractivity contribution in [1.29, 1.82) is 0 Å². The molecule has 0 aliphatic carbocycles. The minimum atomic E-state index is -3.02. The summed E-state index contributed by atoms with van der Waals surface area (Å²) in [5, 5.41) is 8.48. The minimum Gasteiger partial charge on any atom is -0.477 e. The molecule has 0 bridgehead atoms. The van der Waals surface area contributed by atoms with Gasteiger partial charge in [0.25, 0.3) is 6.43 Å². The van der Waals surface area contributed by atoms with E-state index >= 15 is 0 Å². The fourth-order valence-corrected chi connectivity index (χ4v) is 1.34. The lowest BCUT2D eigenvalue weighted by Crippen LogP contribution is -2.20. The molecular weight excluding hydrogens is 264 g/mol. The van der Waals surface area contributed by atoms with Crippen LogP contribution in [0.5, 0.6) is 0 Å². The molecule has 0 fully saturated rings. The number of hydrogen-bond acceptors (Lipinski definition) is 2. The van der Waals surface area contributed by atoms with Crippen LogP contribution in [0, 0.1) is 0 Å². The lowest BCUT2D eigenvalue weighted by atomic mass is 10.2. The first-order valence-electron chi connectivity index (χ1n) is 3.37. The molecule has 14 heavy (non-hydrogen) atoms. The van der Waals surface area contributed by atoms with Gasteiger partial charge in [0.2, 0.25) is 5.43 Å². The number of aromatic nitrogens is 1. The second-order valence-electron chi connectivity index (χ2n) is 2.36. The van der Waals surface area contributed by atoms with E-state index < -0.39 is 29.0 Å². The molecule has 0 unspecified atom stereocenters. The van der Waals surface area contributed by atoms with Crippen molar-refractivity contribution in [2.24, 2.45) is 0 Å². The van der Waals surface area contributed by atoms with Crippen LogP contribution in [0.15, 0.2) is 15.6 Å². The van der Waals surface area contributed by atoms with Gasteiger partial charge in [0, 0.05) is 6.20 Å². The number of halogens is 3. The van der Waals surface area contributed by atoms with E-state index in [1.807, 2.05) is 0 Å². The van der Waals surface area contributed by atoms with Crippen LogP contribution >= 0.6 is 15.9 Å². The summed E-state index contributed by atoms with van der Waals surface area (Å²) in [4.78, 5) is 23.8. The van der Waals surface area contributed by atoms with Crippen LogP contribution in [0.1, 0.15) is 22.3 Å². The molecule has 0 aromatic carbocycles. The molecule has 0 radical (unpaired) electrons. The van der Waals surface area contributed by atoms with Crippen LogP contribution in [0.25, 0.3) is 0 Å². The Morgan fingerprint density at radius 3 is 2.57 bits per heavy atom. The predicted molar refractivity (Wildman–Crippen MR) is 46.7 cm³/mol. The molecule has 0 amide bonds. The molecule has 2 N–H and O–H groups in total. The molecule has 0 aliphatic heterocycles. The lowest BCUT2D eigenvalue weighted by Gasteiger charge is -2.02. The van der Waals surface area contributed by atoms with Crippen molar-refractivity contribution in [3.63, 3.8) is 0 Å². The largest absolute Gasteiger partial charge is 0.477 e. The fourth-order valence-electron chi connectivity index (χ4n) is 0.877. The van der Waals surface area contributed by atoms with Crippen molar-refractivity contribution in [3.05, 3.63) is 32.2 Å². The van der Waals surface area contributed by atoms with E-state index in [2.05, 4.69) is 20.9 Å².